The first-order chi connectivity index (χ1) is 13.7. The Kier molecular flexibility index (Phi) is 3.62. The molecule has 134 valence electrons. The molecule has 0 amide bonds. The fourth-order valence-corrected chi connectivity index (χ4v) is 3.06. The minimum Gasteiger partial charge on any atom is -0.508 e. The molecular weight excluding hydrogens is 352 g/mol. The lowest BCUT2D eigenvalue weighted by Crippen LogP contribution is -1.92. The van der Waals surface area contributed by atoms with E-state index in [0.29, 0.717) is 0 Å². The Morgan fingerprint density at radius 1 is 0.500 bits per heavy atom. The molecule has 2 N–H and O–H groups in total. The van der Waals surface area contributed by atoms with Crippen LogP contribution in [0.5, 0.6) is 11.5 Å². The maximum Gasteiger partial charge on any atom is 0.115 e. The number of phenolic OH excluding ortho intramolecular Hbond substituents is 2. The van der Waals surface area contributed by atoms with Gasteiger partial charge in [-0.25, -0.2) is 9.97 Å². The number of aromatic hydroxyl groups is 2. The molecule has 0 saturated heterocycles. The van der Waals surface area contributed by atoms with E-state index in [1.807, 2.05) is 12.1 Å². The molecule has 0 saturated carbocycles. The molecule has 3 aromatic carbocycles. The molecule has 0 fully saturated rings. The maximum atomic E-state index is 9.45. The maximum absolute atomic E-state index is 9.45. The van der Waals surface area contributed by atoms with Crippen LogP contribution in [0.4, 0.5) is 0 Å². The molecule has 5 rings (SSSR count). The largest absolute Gasteiger partial charge is 0.508 e. The SMILES string of the molecule is Oc1ccc(-c2cnc3cc4nc(-c5ccc(O)cc5)cnc4cc3n2)cc1. The van der Waals surface area contributed by atoms with Crippen LogP contribution in [0.15, 0.2) is 73.1 Å². The van der Waals surface area contributed by atoms with Crippen molar-refractivity contribution in [2.75, 3.05) is 0 Å². The van der Waals surface area contributed by atoms with Crippen LogP contribution in [0.1, 0.15) is 0 Å². The summed E-state index contributed by atoms with van der Waals surface area (Å²) >= 11 is 0. The Morgan fingerprint density at radius 3 is 1.29 bits per heavy atom. The molecule has 6 heteroatoms. The third-order valence-electron chi connectivity index (χ3n) is 4.53. The molecule has 0 aliphatic heterocycles. The van der Waals surface area contributed by atoms with Crippen LogP contribution in [-0.2, 0) is 0 Å². The number of phenols is 2. The van der Waals surface area contributed by atoms with Crippen LogP contribution < -0.4 is 0 Å². The van der Waals surface area contributed by atoms with Crippen molar-refractivity contribution < 1.29 is 10.2 Å². The second-order valence-electron chi connectivity index (χ2n) is 6.43. The highest BCUT2D eigenvalue weighted by Gasteiger charge is 2.08. The van der Waals surface area contributed by atoms with Gasteiger partial charge in [0.2, 0.25) is 0 Å². The van der Waals surface area contributed by atoms with Gasteiger partial charge in [0.1, 0.15) is 11.5 Å². The molecular formula is C22H14N4O2. The highest BCUT2D eigenvalue weighted by molar-refractivity contribution is 5.92. The van der Waals surface area contributed by atoms with E-state index in [0.717, 1.165) is 44.6 Å². The van der Waals surface area contributed by atoms with Gasteiger partial charge in [0.15, 0.2) is 0 Å². The van der Waals surface area contributed by atoms with Crippen LogP contribution in [0.3, 0.4) is 0 Å². The number of benzene rings is 3. The first kappa shape index (κ1) is 16.1. The zero-order chi connectivity index (χ0) is 19.1. The summed E-state index contributed by atoms with van der Waals surface area (Å²) in [5.41, 5.74) is 6.11. The lowest BCUT2D eigenvalue weighted by Gasteiger charge is -2.06. The molecule has 6 nitrogen and oxygen atoms in total. The van der Waals surface area contributed by atoms with Gasteiger partial charge < -0.3 is 10.2 Å². The molecule has 0 aliphatic carbocycles. The van der Waals surface area contributed by atoms with E-state index in [9.17, 15) is 10.2 Å². The Morgan fingerprint density at radius 2 is 0.893 bits per heavy atom. The number of rotatable bonds is 2. The topological polar surface area (TPSA) is 92.0 Å². The quantitative estimate of drug-likeness (QED) is 0.452. The zero-order valence-electron chi connectivity index (χ0n) is 14.6. The van der Waals surface area contributed by atoms with Crippen molar-refractivity contribution in [1.82, 2.24) is 19.9 Å². The third kappa shape index (κ3) is 2.87. The van der Waals surface area contributed by atoms with Crippen LogP contribution in [-0.4, -0.2) is 30.1 Å². The molecule has 0 atom stereocenters. The van der Waals surface area contributed by atoms with Crippen molar-refractivity contribution >= 4 is 22.1 Å². The Hall–Kier alpha value is -4.06. The van der Waals surface area contributed by atoms with E-state index < -0.39 is 0 Å². The lowest BCUT2D eigenvalue weighted by atomic mass is 10.1. The van der Waals surface area contributed by atoms with Crippen LogP contribution in [0.2, 0.25) is 0 Å². The Balaban J connectivity index is 1.60. The van der Waals surface area contributed by atoms with Gasteiger partial charge in [0.05, 0.1) is 45.8 Å². The summed E-state index contributed by atoms with van der Waals surface area (Å²) in [6, 6.07) is 17.4. The van der Waals surface area contributed by atoms with Gasteiger partial charge in [-0.3, -0.25) is 9.97 Å². The first-order valence-electron chi connectivity index (χ1n) is 8.68. The monoisotopic (exact) mass is 366 g/mol. The standard InChI is InChI=1S/C22H14N4O2/c27-15-5-1-13(2-6-15)21-11-23-17-10-20-18(9-19(17)25-21)24-12-22(26-20)14-3-7-16(28)8-4-14/h1-12,27-28H. The number of hydrogen-bond acceptors (Lipinski definition) is 6. The lowest BCUT2D eigenvalue weighted by molar-refractivity contribution is 0.475. The number of fused-ring (bicyclic) bond motifs is 2. The molecule has 2 heterocycles. The minimum absolute atomic E-state index is 0.211. The number of hydrogen-bond donors (Lipinski definition) is 2. The molecule has 0 unspecified atom stereocenters. The van der Waals surface area contributed by atoms with Crippen molar-refractivity contribution in [2.24, 2.45) is 0 Å². The third-order valence-corrected chi connectivity index (χ3v) is 4.53. The fraction of sp³-hybridized carbons (Fsp3) is 0. The van der Waals surface area contributed by atoms with Gasteiger partial charge in [-0.15, -0.1) is 0 Å². The summed E-state index contributed by atoms with van der Waals surface area (Å²) in [5, 5.41) is 18.9. The van der Waals surface area contributed by atoms with E-state index in [1.54, 1.807) is 60.9 Å². The fourth-order valence-electron chi connectivity index (χ4n) is 3.06. The summed E-state index contributed by atoms with van der Waals surface area (Å²) in [4.78, 5) is 18.4. The smallest absolute Gasteiger partial charge is 0.115 e. The summed E-state index contributed by atoms with van der Waals surface area (Å²) in [5.74, 6) is 0.423. The van der Waals surface area contributed by atoms with Gasteiger partial charge in [0, 0.05) is 11.1 Å². The van der Waals surface area contributed by atoms with Crippen LogP contribution in [0.25, 0.3) is 44.6 Å². The zero-order valence-corrected chi connectivity index (χ0v) is 14.6. The highest BCUT2D eigenvalue weighted by atomic mass is 16.3. The first-order valence-corrected chi connectivity index (χ1v) is 8.68. The Labute approximate surface area is 159 Å². The van der Waals surface area contributed by atoms with Crippen molar-refractivity contribution in [3.63, 3.8) is 0 Å². The molecule has 0 spiro atoms. The van der Waals surface area contributed by atoms with Crippen molar-refractivity contribution in [3.8, 4) is 34.0 Å². The van der Waals surface area contributed by atoms with E-state index in [1.165, 1.54) is 0 Å². The van der Waals surface area contributed by atoms with Crippen molar-refractivity contribution in [2.45, 2.75) is 0 Å². The van der Waals surface area contributed by atoms with Crippen molar-refractivity contribution in [1.29, 1.82) is 0 Å². The summed E-state index contributed by atoms with van der Waals surface area (Å²) < 4.78 is 0. The molecule has 0 bridgehead atoms. The normalized spacial score (nSPS) is 11.1. The molecule has 5 aromatic rings. The van der Waals surface area contributed by atoms with Gasteiger partial charge in [-0.1, -0.05) is 0 Å². The number of aromatic nitrogens is 4. The molecule has 0 aliphatic rings. The van der Waals surface area contributed by atoms with Gasteiger partial charge in [-0.2, -0.15) is 0 Å². The van der Waals surface area contributed by atoms with Crippen LogP contribution in [0, 0.1) is 0 Å². The summed E-state index contributed by atoms with van der Waals surface area (Å²) in [6.07, 6.45) is 3.41. The van der Waals surface area contributed by atoms with Gasteiger partial charge in [0.25, 0.3) is 0 Å². The molecule has 0 radical (unpaired) electrons. The predicted octanol–water partition coefficient (Wildman–Crippen LogP) is 4.32. The molecule has 2 aromatic heterocycles. The highest BCUT2D eigenvalue weighted by Crippen LogP contribution is 2.25. The van der Waals surface area contributed by atoms with E-state index >= 15 is 0 Å². The second kappa shape index (κ2) is 6.28. The van der Waals surface area contributed by atoms with E-state index in [-0.39, 0.29) is 11.5 Å². The second-order valence-corrected chi connectivity index (χ2v) is 6.43. The van der Waals surface area contributed by atoms with Gasteiger partial charge >= 0.3 is 0 Å². The van der Waals surface area contributed by atoms with Gasteiger partial charge in [-0.05, 0) is 60.7 Å². The van der Waals surface area contributed by atoms with Crippen molar-refractivity contribution in [3.05, 3.63) is 73.1 Å². The van der Waals surface area contributed by atoms with E-state index in [4.69, 9.17) is 0 Å². The Bertz CT molecular complexity index is 1210. The van der Waals surface area contributed by atoms with Crippen LogP contribution >= 0.6 is 0 Å². The minimum atomic E-state index is 0.211. The predicted molar refractivity (Wildman–Crippen MR) is 107 cm³/mol. The summed E-state index contributed by atoms with van der Waals surface area (Å²) in [6.45, 7) is 0. The average Bonchev–Trinajstić information content (AvgIpc) is 2.72. The average molecular weight is 366 g/mol. The molecule has 28 heavy (non-hydrogen) atoms. The summed E-state index contributed by atoms with van der Waals surface area (Å²) in [7, 11) is 0. The number of nitrogens with zero attached hydrogens (tertiary/aromatic N) is 4. The van der Waals surface area contributed by atoms with E-state index in [2.05, 4.69) is 19.9 Å².